The summed E-state index contributed by atoms with van der Waals surface area (Å²) in [6.07, 6.45) is 2.17. The maximum atomic E-state index is 13.6. The van der Waals surface area contributed by atoms with E-state index in [0.29, 0.717) is 13.0 Å². The zero-order chi connectivity index (χ0) is 23.5. The molecule has 0 saturated carbocycles. The van der Waals surface area contributed by atoms with E-state index in [1.165, 1.54) is 0 Å². The molecule has 6 nitrogen and oxygen atoms in total. The quantitative estimate of drug-likeness (QED) is 0.381. The summed E-state index contributed by atoms with van der Waals surface area (Å²) < 4.78 is 10.9. The van der Waals surface area contributed by atoms with Crippen LogP contribution in [0.15, 0.2) is 83.9 Å². The highest BCUT2D eigenvalue weighted by Crippen LogP contribution is 2.48. The molecule has 5 rings (SSSR count). The summed E-state index contributed by atoms with van der Waals surface area (Å²) in [6.45, 7) is 0.424. The van der Waals surface area contributed by atoms with Gasteiger partial charge in [-0.2, -0.15) is 5.10 Å². The average Bonchev–Trinajstić information content (AvgIpc) is 3.30. The summed E-state index contributed by atoms with van der Waals surface area (Å²) in [5.41, 5.74) is 4.78. The second-order valence-electron chi connectivity index (χ2n) is 8.00. The number of thioether (sulfide) groups is 1. The lowest BCUT2D eigenvalue weighted by Gasteiger charge is -2.23. The zero-order valence-electron chi connectivity index (χ0n) is 19.0. The van der Waals surface area contributed by atoms with Crippen molar-refractivity contribution in [1.82, 2.24) is 10.2 Å². The Morgan fingerprint density at radius 1 is 1.00 bits per heavy atom. The minimum atomic E-state index is -0.0415. The molecule has 7 heteroatoms. The number of fused-ring (bicyclic) bond motifs is 1. The fourth-order valence-corrected chi connectivity index (χ4v) is 5.58. The van der Waals surface area contributed by atoms with Crippen molar-refractivity contribution in [2.75, 3.05) is 19.1 Å². The molecule has 0 aliphatic carbocycles. The van der Waals surface area contributed by atoms with E-state index >= 15 is 0 Å². The molecular weight excluding hydrogens is 446 g/mol. The van der Waals surface area contributed by atoms with Gasteiger partial charge in [0.2, 0.25) is 5.91 Å². The van der Waals surface area contributed by atoms with Gasteiger partial charge in [0.1, 0.15) is 11.5 Å². The van der Waals surface area contributed by atoms with Gasteiger partial charge in [-0.15, -0.1) is 11.8 Å². The van der Waals surface area contributed by atoms with Crippen LogP contribution in [0.2, 0.25) is 0 Å². The summed E-state index contributed by atoms with van der Waals surface area (Å²) in [7, 11) is 3.32. The number of H-pyrrole nitrogens is 1. The van der Waals surface area contributed by atoms with Crippen molar-refractivity contribution in [3.05, 3.63) is 90.1 Å². The minimum absolute atomic E-state index is 0.0415. The highest BCUT2D eigenvalue weighted by molar-refractivity contribution is 7.99. The van der Waals surface area contributed by atoms with Crippen LogP contribution < -0.4 is 14.4 Å². The van der Waals surface area contributed by atoms with Crippen LogP contribution in [0, 0.1) is 0 Å². The van der Waals surface area contributed by atoms with E-state index in [0.717, 1.165) is 44.5 Å². The number of methoxy groups -OCH3 is 2. The van der Waals surface area contributed by atoms with E-state index in [2.05, 4.69) is 16.3 Å². The smallest absolute Gasteiger partial charge is 0.228 e. The second-order valence-corrected chi connectivity index (χ2v) is 9.24. The lowest BCUT2D eigenvalue weighted by atomic mass is 10.1. The van der Waals surface area contributed by atoms with Crippen molar-refractivity contribution in [3.63, 3.8) is 0 Å². The standard InChI is InChI=1S/C27H25N3O3S/c1-32-20-13-11-18(12-14-20)27-19(16-28-29-27)17-30-22-8-4-6-10-24(22)34-25(15-26(30)31)21-7-3-5-9-23(21)33-2/h3-14,16,25H,15,17H2,1-2H3,(H,28,29). The van der Waals surface area contributed by atoms with Crippen LogP contribution in [-0.2, 0) is 11.3 Å². The van der Waals surface area contributed by atoms with Crippen molar-refractivity contribution in [2.45, 2.75) is 23.1 Å². The number of ether oxygens (including phenoxy) is 2. The predicted octanol–water partition coefficient (Wildman–Crippen LogP) is 5.86. The molecule has 0 bridgehead atoms. The van der Waals surface area contributed by atoms with Crippen LogP contribution in [0.3, 0.4) is 0 Å². The third-order valence-corrected chi connectivity index (χ3v) is 7.30. The monoisotopic (exact) mass is 471 g/mol. The number of amides is 1. The minimum Gasteiger partial charge on any atom is -0.497 e. The number of aromatic amines is 1. The van der Waals surface area contributed by atoms with Gasteiger partial charge in [-0.1, -0.05) is 30.3 Å². The van der Waals surface area contributed by atoms with Gasteiger partial charge in [0.05, 0.1) is 38.3 Å². The van der Waals surface area contributed by atoms with E-state index in [4.69, 9.17) is 9.47 Å². The molecule has 3 aromatic carbocycles. The van der Waals surface area contributed by atoms with Crippen LogP contribution in [0.5, 0.6) is 11.5 Å². The fourth-order valence-electron chi connectivity index (χ4n) is 4.27. The van der Waals surface area contributed by atoms with Gasteiger partial charge in [-0.25, -0.2) is 0 Å². The lowest BCUT2D eigenvalue weighted by Crippen LogP contribution is -2.30. The summed E-state index contributed by atoms with van der Waals surface area (Å²) in [6, 6.07) is 23.8. The SMILES string of the molecule is COc1ccc(-c2[nH]ncc2CN2C(=O)CC(c3ccccc3OC)Sc3ccccc32)cc1. The van der Waals surface area contributed by atoms with Crippen LogP contribution >= 0.6 is 11.8 Å². The van der Waals surface area contributed by atoms with Crippen molar-refractivity contribution >= 4 is 23.4 Å². The van der Waals surface area contributed by atoms with Crippen molar-refractivity contribution in [2.24, 2.45) is 0 Å². The average molecular weight is 472 g/mol. The Labute approximate surface area is 202 Å². The van der Waals surface area contributed by atoms with Gasteiger partial charge in [0, 0.05) is 33.3 Å². The molecule has 4 aromatic rings. The van der Waals surface area contributed by atoms with Gasteiger partial charge >= 0.3 is 0 Å². The van der Waals surface area contributed by atoms with E-state index in [1.807, 2.05) is 71.6 Å². The number of hydrogen-bond donors (Lipinski definition) is 1. The van der Waals surface area contributed by atoms with Gasteiger partial charge in [-0.3, -0.25) is 9.89 Å². The molecule has 2 heterocycles. The number of anilines is 1. The molecule has 1 amide bonds. The largest absolute Gasteiger partial charge is 0.497 e. The Kier molecular flexibility index (Phi) is 6.27. The van der Waals surface area contributed by atoms with Gasteiger partial charge in [0.15, 0.2) is 0 Å². The highest BCUT2D eigenvalue weighted by atomic mass is 32.2. The van der Waals surface area contributed by atoms with E-state index in [-0.39, 0.29) is 11.2 Å². The molecule has 1 aliphatic rings. The zero-order valence-corrected chi connectivity index (χ0v) is 19.8. The first-order valence-corrected chi connectivity index (χ1v) is 11.9. The highest BCUT2D eigenvalue weighted by Gasteiger charge is 2.31. The summed E-state index contributed by atoms with van der Waals surface area (Å²) in [5.74, 6) is 1.66. The molecular formula is C27H25N3O3S. The topological polar surface area (TPSA) is 67.5 Å². The number of nitrogens with one attached hydrogen (secondary N) is 1. The van der Waals surface area contributed by atoms with Crippen molar-refractivity contribution < 1.29 is 14.3 Å². The number of aromatic nitrogens is 2. The third-order valence-electron chi connectivity index (χ3n) is 6.00. The number of carbonyl (C=O) groups is 1. The van der Waals surface area contributed by atoms with Crippen molar-refractivity contribution in [1.29, 1.82) is 0 Å². The van der Waals surface area contributed by atoms with Gasteiger partial charge in [0.25, 0.3) is 0 Å². The first kappa shape index (κ1) is 22.1. The van der Waals surface area contributed by atoms with Crippen molar-refractivity contribution in [3.8, 4) is 22.8 Å². The molecule has 0 fully saturated rings. The molecule has 0 radical (unpaired) electrons. The maximum absolute atomic E-state index is 13.6. The van der Waals surface area contributed by atoms with Crippen LogP contribution in [0.4, 0.5) is 5.69 Å². The fraction of sp³-hybridized carbons (Fsp3) is 0.185. The molecule has 172 valence electrons. The molecule has 34 heavy (non-hydrogen) atoms. The summed E-state index contributed by atoms with van der Waals surface area (Å²) >= 11 is 1.71. The van der Waals surface area contributed by atoms with Crippen LogP contribution in [-0.4, -0.2) is 30.3 Å². The molecule has 1 unspecified atom stereocenters. The first-order chi connectivity index (χ1) is 16.7. The number of benzene rings is 3. The Balaban J connectivity index is 1.49. The number of rotatable bonds is 6. The molecule has 0 spiro atoms. The van der Waals surface area contributed by atoms with E-state index in [9.17, 15) is 4.79 Å². The summed E-state index contributed by atoms with van der Waals surface area (Å²) in [4.78, 5) is 16.6. The van der Waals surface area contributed by atoms with Gasteiger partial charge in [-0.05, 0) is 42.5 Å². The molecule has 1 aliphatic heterocycles. The summed E-state index contributed by atoms with van der Waals surface area (Å²) in [5, 5.41) is 7.34. The Bertz CT molecular complexity index is 1300. The van der Waals surface area contributed by atoms with E-state index < -0.39 is 0 Å². The number of hydrogen-bond acceptors (Lipinski definition) is 5. The lowest BCUT2D eigenvalue weighted by molar-refractivity contribution is -0.118. The Hall–Kier alpha value is -3.71. The molecule has 1 N–H and O–H groups in total. The molecule has 1 atom stereocenters. The Morgan fingerprint density at radius 3 is 2.56 bits per heavy atom. The van der Waals surface area contributed by atoms with Crippen LogP contribution in [0.1, 0.15) is 22.8 Å². The third kappa shape index (κ3) is 4.26. The number of nitrogens with zero attached hydrogens (tertiary/aromatic N) is 2. The second kappa shape index (κ2) is 9.65. The Morgan fingerprint density at radius 2 is 1.76 bits per heavy atom. The number of carbonyl (C=O) groups excluding carboxylic acids is 1. The normalized spacial score (nSPS) is 15.5. The van der Waals surface area contributed by atoms with Crippen LogP contribution in [0.25, 0.3) is 11.3 Å². The molecule has 1 aromatic heterocycles. The van der Waals surface area contributed by atoms with E-state index in [1.54, 1.807) is 32.2 Å². The number of para-hydroxylation sites is 2. The first-order valence-electron chi connectivity index (χ1n) is 11.0. The predicted molar refractivity (Wildman–Crippen MR) is 134 cm³/mol. The van der Waals surface area contributed by atoms with Gasteiger partial charge < -0.3 is 14.4 Å². The molecule has 0 saturated heterocycles. The maximum Gasteiger partial charge on any atom is 0.228 e.